The van der Waals surface area contributed by atoms with Gasteiger partial charge in [-0.1, -0.05) is 26.0 Å². The Balaban J connectivity index is 2.09. The van der Waals surface area contributed by atoms with Gasteiger partial charge in [0.2, 0.25) is 17.4 Å². The lowest BCUT2D eigenvalue weighted by Gasteiger charge is -2.08. The van der Waals surface area contributed by atoms with E-state index in [1.54, 1.807) is 0 Å². The number of benzene rings is 1. The van der Waals surface area contributed by atoms with Crippen LogP contribution in [0.2, 0.25) is 0 Å². The third kappa shape index (κ3) is 2.60. The van der Waals surface area contributed by atoms with E-state index in [2.05, 4.69) is 31.1 Å². The molecule has 0 atom stereocenters. The fraction of sp³-hybridized carbons (Fsp3) is 0.273. The second kappa shape index (κ2) is 6.12. The summed E-state index contributed by atoms with van der Waals surface area (Å²) < 4.78 is 36.5. The van der Waals surface area contributed by atoms with E-state index in [4.69, 9.17) is 4.42 Å². The van der Waals surface area contributed by atoms with Gasteiger partial charge in [-0.2, -0.15) is 9.37 Å². The number of halogens is 2. The molecule has 5 heteroatoms. The van der Waals surface area contributed by atoms with E-state index in [1.165, 1.54) is 12.5 Å². The highest BCUT2D eigenvalue weighted by atomic mass is 19.1. The van der Waals surface area contributed by atoms with Crippen LogP contribution in [0.5, 0.6) is 0 Å². The Kier molecular flexibility index (Phi) is 3.98. The Morgan fingerprint density at radius 2 is 1.81 bits per heavy atom. The van der Waals surface area contributed by atoms with Crippen molar-refractivity contribution in [3.8, 4) is 11.3 Å². The van der Waals surface area contributed by atoms with Crippen molar-refractivity contribution < 1.29 is 17.8 Å². The van der Waals surface area contributed by atoms with Crippen LogP contribution >= 0.6 is 0 Å². The molecule has 0 unspecified atom stereocenters. The van der Waals surface area contributed by atoms with E-state index >= 15 is 0 Å². The maximum absolute atomic E-state index is 14.7. The first-order valence-corrected chi connectivity index (χ1v) is 8.97. The van der Waals surface area contributed by atoms with Crippen LogP contribution in [0.4, 0.5) is 8.78 Å². The Labute approximate surface area is 156 Å². The predicted molar refractivity (Wildman–Crippen MR) is 102 cm³/mol. The first-order chi connectivity index (χ1) is 12.8. The van der Waals surface area contributed by atoms with Gasteiger partial charge in [0.05, 0.1) is 10.9 Å². The second-order valence-corrected chi connectivity index (χ2v) is 7.37. The first-order valence-electron chi connectivity index (χ1n) is 8.97. The summed E-state index contributed by atoms with van der Waals surface area (Å²) in [5.74, 6) is -1.05. The summed E-state index contributed by atoms with van der Waals surface area (Å²) in [6.45, 7) is 7.65. The molecular formula is C22H21F2N2O+. The maximum Gasteiger partial charge on any atom is 0.232 e. The van der Waals surface area contributed by atoms with Crippen LogP contribution in [0.15, 0.2) is 34.9 Å². The van der Waals surface area contributed by atoms with Gasteiger partial charge in [0.15, 0.2) is 11.8 Å². The second-order valence-electron chi connectivity index (χ2n) is 7.37. The number of aromatic nitrogens is 2. The number of nitrogens with zero attached hydrogens (tertiary/aromatic N) is 2. The third-order valence-corrected chi connectivity index (χ3v) is 5.19. The highest BCUT2D eigenvalue weighted by Crippen LogP contribution is 2.38. The van der Waals surface area contributed by atoms with E-state index in [9.17, 15) is 8.78 Å². The molecule has 0 spiro atoms. The molecule has 3 heterocycles. The zero-order valence-electron chi connectivity index (χ0n) is 16.0. The van der Waals surface area contributed by atoms with Gasteiger partial charge in [-0.3, -0.25) is 0 Å². The average molecular weight is 367 g/mol. The van der Waals surface area contributed by atoms with Crippen LogP contribution in [0.25, 0.3) is 33.3 Å². The van der Waals surface area contributed by atoms with E-state index in [1.807, 2.05) is 36.7 Å². The quantitative estimate of drug-likeness (QED) is 0.346. The molecule has 0 aliphatic heterocycles. The van der Waals surface area contributed by atoms with Crippen molar-refractivity contribution in [3.63, 3.8) is 0 Å². The molecule has 1 aromatic carbocycles. The van der Waals surface area contributed by atoms with Gasteiger partial charge in [0.25, 0.3) is 0 Å². The lowest BCUT2D eigenvalue weighted by Crippen LogP contribution is -2.31. The minimum atomic E-state index is -0.843. The van der Waals surface area contributed by atoms with Gasteiger partial charge in [-0.05, 0) is 31.4 Å². The molecule has 0 aliphatic rings. The number of rotatable bonds is 2. The third-order valence-electron chi connectivity index (χ3n) is 5.19. The SMILES string of the molecule is Cc1ccc2c(oc3nc(F)c(C)c(F)c32)c1-c1ccc(C(C)C)c[n+]1C. The van der Waals surface area contributed by atoms with Crippen LogP contribution in [-0.2, 0) is 7.05 Å². The van der Waals surface area contributed by atoms with Crippen molar-refractivity contribution in [1.82, 2.24) is 4.98 Å². The van der Waals surface area contributed by atoms with Gasteiger partial charge >= 0.3 is 0 Å². The Morgan fingerprint density at radius 3 is 2.48 bits per heavy atom. The first kappa shape index (κ1) is 17.6. The predicted octanol–water partition coefficient (Wildman–Crippen LogP) is 5.49. The number of furan rings is 1. The Morgan fingerprint density at radius 1 is 1.07 bits per heavy atom. The highest BCUT2D eigenvalue weighted by molar-refractivity contribution is 6.09. The molecule has 0 bridgehead atoms. The molecule has 0 fully saturated rings. The van der Waals surface area contributed by atoms with Crippen molar-refractivity contribution in [3.05, 3.63) is 58.9 Å². The number of aryl methyl sites for hydroxylation is 2. The fourth-order valence-electron chi connectivity index (χ4n) is 3.54. The zero-order chi connectivity index (χ0) is 19.5. The molecule has 3 aromatic heterocycles. The summed E-state index contributed by atoms with van der Waals surface area (Å²) in [6.07, 6.45) is 2.09. The topological polar surface area (TPSA) is 29.9 Å². The van der Waals surface area contributed by atoms with Crippen LogP contribution in [0.1, 0.15) is 36.5 Å². The van der Waals surface area contributed by atoms with Crippen LogP contribution in [-0.4, -0.2) is 4.98 Å². The molecule has 138 valence electrons. The zero-order valence-corrected chi connectivity index (χ0v) is 16.0. The van der Waals surface area contributed by atoms with Gasteiger partial charge in [-0.25, -0.2) is 8.96 Å². The molecule has 27 heavy (non-hydrogen) atoms. The number of hydrogen-bond donors (Lipinski definition) is 0. The summed E-state index contributed by atoms with van der Waals surface area (Å²) in [7, 11) is 1.98. The van der Waals surface area contributed by atoms with Crippen LogP contribution in [0, 0.1) is 25.6 Å². The summed E-state index contributed by atoms with van der Waals surface area (Å²) in [5, 5.41) is 0.832. The molecule has 3 nitrogen and oxygen atoms in total. The molecule has 4 rings (SSSR count). The summed E-state index contributed by atoms with van der Waals surface area (Å²) in [5.41, 5.74) is 4.43. The molecular weight excluding hydrogens is 346 g/mol. The van der Waals surface area contributed by atoms with Gasteiger partial charge in [0, 0.05) is 22.6 Å². The number of hydrogen-bond acceptors (Lipinski definition) is 2. The normalized spacial score (nSPS) is 11.9. The highest BCUT2D eigenvalue weighted by Gasteiger charge is 2.24. The van der Waals surface area contributed by atoms with Crippen molar-refractivity contribution in [2.45, 2.75) is 33.6 Å². The average Bonchev–Trinajstić information content (AvgIpc) is 2.98. The van der Waals surface area contributed by atoms with Crippen molar-refractivity contribution >= 4 is 22.1 Å². The van der Waals surface area contributed by atoms with E-state index in [0.29, 0.717) is 16.9 Å². The largest absolute Gasteiger partial charge is 0.437 e. The number of fused-ring (bicyclic) bond motifs is 3. The smallest absolute Gasteiger partial charge is 0.232 e. The summed E-state index contributed by atoms with van der Waals surface area (Å²) >= 11 is 0. The molecule has 0 amide bonds. The lowest BCUT2D eigenvalue weighted by molar-refractivity contribution is -0.660. The molecule has 0 N–H and O–H groups in total. The van der Waals surface area contributed by atoms with Gasteiger partial charge in [-0.15, -0.1) is 0 Å². The molecule has 0 saturated heterocycles. The molecule has 0 saturated carbocycles. The van der Waals surface area contributed by atoms with Crippen LogP contribution < -0.4 is 4.57 Å². The Bertz CT molecular complexity index is 1210. The molecule has 0 radical (unpaired) electrons. The Hall–Kier alpha value is -2.82. The number of pyridine rings is 2. The van der Waals surface area contributed by atoms with Crippen LogP contribution in [0.3, 0.4) is 0 Å². The van der Waals surface area contributed by atoms with Crippen molar-refractivity contribution in [1.29, 1.82) is 0 Å². The standard InChI is InChI=1S/C22H21F2N2O/c1-11(2)14-7-9-16(26(5)10-14)17-12(3)6-8-15-18-19(23)13(4)21(24)25-22(18)27-20(15)17/h6-11H,1-5H3/q+1. The summed E-state index contributed by atoms with van der Waals surface area (Å²) in [4.78, 5) is 3.82. The van der Waals surface area contributed by atoms with E-state index in [-0.39, 0.29) is 16.7 Å². The maximum atomic E-state index is 14.7. The monoisotopic (exact) mass is 367 g/mol. The van der Waals surface area contributed by atoms with Gasteiger partial charge in [0.1, 0.15) is 12.9 Å². The van der Waals surface area contributed by atoms with Crippen molar-refractivity contribution in [2.24, 2.45) is 7.05 Å². The van der Waals surface area contributed by atoms with E-state index in [0.717, 1.165) is 16.8 Å². The van der Waals surface area contributed by atoms with Gasteiger partial charge < -0.3 is 4.42 Å². The molecule has 4 aromatic rings. The van der Waals surface area contributed by atoms with Crippen molar-refractivity contribution in [2.75, 3.05) is 0 Å². The lowest BCUT2D eigenvalue weighted by atomic mass is 9.99. The van der Waals surface area contributed by atoms with E-state index < -0.39 is 11.8 Å². The minimum Gasteiger partial charge on any atom is -0.437 e. The molecule has 0 aliphatic carbocycles. The summed E-state index contributed by atoms with van der Waals surface area (Å²) in [6, 6.07) is 7.87. The minimum absolute atomic E-state index is 0.0149. The fourth-order valence-corrected chi connectivity index (χ4v) is 3.54.